The molecule has 0 heterocycles. The summed E-state index contributed by atoms with van der Waals surface area (Å²) in [6, 6.07) is 11.4. The molecule has 0 bridgehead atoms. The Morgan fingerprint density at radius 3 is 2.53 bits per heavy atom. The third kappa shape index (κ3) is 8.02. The molecule has 0 aromatic heterocycles. The van der Waals surface area contributed by atoms with Crippen molar-refractivity contribution in [2.75, 3.05) is 6.54 Å². The molecular weight excluding hydrogens is 232 g/mol. The van der Waals surface area contributed by atoms with Crippen LogP contribution in [-0.2, 0) is 6.42 Å². The highest BCUT2D eigenvalue weighted by molar-refractivity contribution is 5.14. The summed E-state index contributed by atoms with van der Waals surface area (Å²) in [5, 5.41) is 3.55. The molecule has 2 nitrogen and oxygen atoms in total. The van der Waals surface area contributed by atoms with E-state index in [1.807, 2.05) is 0 Å². The molecule has 19 heavy (non-hydrogen) atoms. The Morgan fingerprint density at radius 2 is 1.84 bits per heavy atom. The Bertz CT molecular complexity index is 310. The van der Waals surface area contributed by atoms with Gasteiger partial charge < -0.3 is 11.1 Å². The second-order valence-electron chi connectivity index (χ2n) is 5.59. The van der Waals surface area contributed by atoms with Gasteiger partial charge in [0, 0.05) is 18.6 Å². The molecule has 2 atom stereocenters. The summed E-state index contributed by atoms with van der Waals surface area (Å²) in [6.45, 7) is 5.44. The predicted molar refractivity (Wildman–Crippen MR) is 84.3 cm³/mol. The lowest BCUT2D eigenvalue weighted by atomic mass is 10.1. The topological polar surface area (TPSA) is 38.0 Å². The second kappa shape index (κ2) is 9.99. The number of rotatable bonds is 10. The molecule has 1 rings (SSSR count). The maximum absolute atomic E-state index is 6.16. The van der Waals surface area contributed by atoms with Gasteiger partial charge >= 0.3 is 0 Å². The van der Waals surface area contributed by atoms with Crippen LogP contribution in [0.1, 0.15) is 51.5 Å². The molecule has 0 aliphatic heterocycles. The van der Waals surface area contributed by atoms with Crippen LogP contribution in [-0.4, -0.2) is 18.6 Å². The number of nitrogens with one attached hydrogen (secondary N) is 1. The van der Waals surface area contributed by atoms with Crippen molar-refractivity contribution < 1.29 is 0 Å². The molecule has 1 aromatic rings. The minimum Gasteiger partial charge on any atom is -0.327 e. The Kier molecular flexibility index (Phi) is 8.52. The van der Waals surface area contributed by atoms with E-state index >= 15 is 0 Å². The third-order valence-corrected chi connectivity index (χ3v) is 3.62. The maximum Gasteiger partial charge on any atom is 0.0168 e. The summed E-state index contributed by atoms with van der Waals surface area (Å²) < 4.78 is 0. The quantitative estimate of drug-likeness (QED) is 0.633. The van der Waals surface area contributed by atoms with Crippen LogP contribution in [0.2, 0.25) is 0 Å². The molecule has 0 saturated heterocycles. The first-order chi connectivity index (χ1) is 9.22. The van der Waals surface area contributed by atoms with Gasteiger partial charge in [-0.3, -0.25) is 0 Å². The van der Waals surface area contributed by atoms with E-state index in [1.54, 1.807) is 0 Å². The van der Waals surface area contributed by atoms with E-state index in [9.17, 15) is 0 Å². The SMILES string of the molecule is CCCCCC(C)NCC(N)CCc1ccccc1. The van der Waals surface area contributed by atoms with Crippen molar-refractivity contribution in [2.45, 2.75) is 64.5 Å². The lowest BCUT2D eigenvalue weighted by molar-refractivity contribution is 0.452. The number of benzene rings is 1. The van der Waals surface area contributed by atoms with E-state index in [4.69, 9.17) is 5.73 Å². The highest BCUT2D eigenvalue weighted by atomic mass is 14.9. The first kappa shape index (κ1) is 16.2. The maximum atomic E-state index is 6.16. The van der Waals surface area contributed by atoms with Crippen molar-refractivity contribution >= 4 is 0 Å². The average Bonchev–Trinajstić information content (AvgIpc) is 2.44. The molecule has 0 spiro atoms. The number of hydrogen-bond donors (Lipinski definition) is 2. The molecule has 0 fully saturated rings. The van der Waals surface area contributed by atoms with E-state index < -0.39 is 0 Å². The second-order valence-corrected chi connectivity index (χ2v) is 5.59. The number of hydrogen-bond acceptors (Lipinski definition) is 2. The van der Waals surface area contributed by atoms with Gasteiger partial charge in [0.1, 0.15) is 0 Å². The molecule has 0 aliphatic carbocycles. The van der Waals surface area contributed by atoms with E-state index in [0.29, 0.717) is 6.04 Å². The fraction of sp³-hybridized carbons (Fsp3) is 0.647. The highest BCUT2D eigenvalue weighted by Gasteiger charge is 2.06. The molecule has 108 valence electrons. The molecule has 0 amide bonds. The Morgan fingerprint density at radius 1 is 1.11 bits per heavy atom. The van der Waals surface area contributed by atoms with Crippen LogP contribution in [0.25, 0.3) is 0 Å². The van der Waals surface area contributed by atoms with Crippen molar-refractivity contribution in [1.29, 1.82) is 0 Å². The van der Waals surface area contributed by atoms with E-state index in [2.05, 4.69) is 49.5 Å². The third-order valence-electron chi connectivity index (χ3n) is 3.62. The summed E-state index contributed by atoms with van der Waals surface area (Å²) in [4.78, 5) is 0. The lowest BCUT2D eigenvalue weighted by Gasteiger charge is -2.17. The van der Waals surface area contributed by atoms with E-state index in [0.717, 1.165) is 19.4 Å². The molecule has 2 unspecified atom stereocenters. The first-order valence-corrected chi connectivity index (χ1v) is 7.75. The van der Waals surface area contributed by atoms with Gasteiger partial charge in [0.25, 0.3) is 0 Å². The minimum absolute atomic E-state index is 0.258. The fourth-order valence-electron chi connectivity index (χ4n) is 2.25. The Hall–Kier alpha value is -0.860. The smallest absolute Gasteiger partial charge is 0.0168 e. The van der Waals surface area contributed by atoms with Gasteiger partial charge in [-0.1, -0.05) is 56.5 Å². The molecule has 1 aromatic carbocycles. The van der Waals surface area contributed by atoms with Crippen LogP contribution in [0.4, 0.5) is 0 Å². The van der Waals surface area contributed by atoms with Crippen LogP contribution in [0.5, 0.6) is 0 Å². The van der Waals surface area contributed by atoms with E-state index in [-0.39, 0.29) is 6.04 Å². The van der Waals surface area contributed by atoms with Crippen molar-refractivity contribution in [3.8, 4) is 0 Å². The lowest BCUT2D eigenvalue weighted by Crippen LogP contribution is -2.38. The van der Waals surface area contributed by atoms with Gasteiger partial charge in [-0.05, 0) is 31.7 Å². The minimum atomic E-state index is 0.258. The van der Waals surface area contributed by atoms with E-state index in [1.165, 1.54) is 31.2 Å². The monoisotopic (exact) mass is 262 g/mol. The van der Waals surface area contributed by atoms with Crippen molar-refractivity contribution in [3.05, 3.63) is 35.9 Å². The fourth-order valence-corrected chi connectivity index (χ4v) is 2.25. The number of unbranched alkanes of at least 4 members (excludes halogenated alkanes) is 2. The summed E-state index contributed by atoms with van der Waals surface area (Å²) >= 11 is 0. The van der Waals surface area contributed by atoms with Crippen LogP contribution < -0.4 is 11.1 Å². The van der Waals surface area contributed by atoms with Crippen LogP contribution in [0.3, 0.4) is 0 Å². The van der Waals surface area contributed by atoms with Gasteiger partial charge in [-0.15, -0.1) is 0 Å². The van der Waals surface area contributed by atoms with Crippen LogP contribution in [0.15, 0.2) is 30.3 Å². The number of nitrogens with two attached hydrogens (primary N) is 1. The zero-order valence-electron chi connectivity index (χ0n) is 12.6. The zero-order chi connectivity index (χ0) is 13.9. The van der Waals surface area contributed by atoms with Crippen molar-refractivity contribution in [1.82, 2.24) is 5.32 Å². The van der Waals surface area contributed by atoms with Gasteiger partial charge in [-0.25, -0.2) is 0 Å². The summed E-state index contributed by atoms with van der Waals surface area (Å²) in [7, 11) is 0. The Balaban J connectivity index is 2.09. The van der Waals surface area contributed by atoms with Gasteiger partial charge in [0.05, 0.1) is 0 Å². The van der Waals surface area contributed by atoms with Crippen LogP contribution >= 0.6 is 0 Å². The summed E-state index contributed by atoms with van der Waals surface area (Å²) in [6.07, 6.45) is 7.35. The number of aryl methyl sites for hydroxylation is 1. The standard InChI is InChI=1S/C17H30N2/c1-3-4-6-9-15(2)19-14-17(18)13-12-16-10-7-5-8-11-16/h5,7-8,10-11,15,17,19H,3-4,6,9,12-14,18H2,1-2H3. The summed E-state index contributed by atoms with van der Waals surface area (Å²) in [5.74, 6) is 0. The Labute approximate surface area is 118 Å². The molecule has 0 aliphatic rings. The highest BCUT2D eigenvalue weighted by Crippen LogP contribution is 2.05. The van der Waals surface area contributed by atoms with Gasteiger partial charge in [0.15, 0.2) is 0 Å². The normalized spacial score (nSPS) is 14.3. The van der Waals surface area contributed by atoms with Gasteiger partial charge in [-0.2, -0.15) is 0 Å². The molecule has 3 N–H and O–H groups in total. The predicted octanol–water partition coefficient (Wildman–Crippen LogP) is 3.50. The van der Waals surface area contributed by atoms with Gasteiger partial charge in [0.2, 0.25) is 0 Å². The average molecular weight is 262 g/mol. The van der Waals surface area contributed by atoms with Crippen molar-refractivity contribution in [3.63, 3.8) is 0 Å². The van der Waals surface area contributed by atoms with Crippen molar-refractivity contribution in [2.24, 2.45) is 5.73 Å². The largest absolute Gasteiger partial charge is 0.327 e. The molecule has 0 radical (unpaired) electrons. The molecule has 0 saturated carbocycles. The molecule has 2 heteroatoms. The van der Waals surface area contributed by atoms with Crippen LogP contribution in [0, 0.1) is 0 Å². The molecular formula is C17H30N2. The zero-order valence-corrected chi connectivity index (χ0v) is 12.6. The first-order valence-electron chi connectivity index (χ1n) is 7.75. The summed E-state index contributed by atoms with van der Waals surface area (Å²) in [5.41, 5.74) is 7.55.